The lowest BCUT2D eigenvalue weighted by atomic mass is 10.1. The van der Waals surface area contributed by atoms with Crippen molar-refractivity contribution in [1.82, 2.24) is 29.4 Å². The Balaban J connectivity index is 1.35. The van der Waals surface area contributed by atoms with Gasteiger partial charge < -0.3 is 26.0 Å². The van der Waals surface area contributed by atoms with E-state index < -0.39 is 0 Å². The highest BCUT2D eigenvalue weighted by Gasteiger charge is 2.33. The summed E-state index contributed by atoms with van der Waals surface area (Å²) >= 11 is 0. The number of carbonyl (C=O) groups is 1. The molecule has 0 unspecified atom stereocenters. The SMILES string of the molecule is Nc1nc(N)nc(N2CCC[C@H]2c2nc3cccc(C#CCCCC(=O)N4CCOCC4)c3c(=O)n2-c2ccccc2)n1. The zero-order valence-electron chi connectivity index (χ0n) is 23.8. The first-order valence-corrected chi connectivity index (χ1v) is 14.5. The van der Waals surface area contributed by atoms with Crippen LogP contribution in [0.25, 0.3) is 16.6 Å². The van der Waals surface area contributed by atoms with Crippen LogP contribution in [0.15, 0.2) is 53.3 Å². The van der Waals surface area contributed by atoms with Gasteiger partial charge in [0.05, 0.1) is 35.8 Å². The number of fused-ring (bicyclic) bond motifs is 1. The third-order valence-corrected chi connectivity index (χ3v) is 7.68. The number of unbranched alkanes of at least 4 members (excludes halogenated alkanes) is 1. The number of rotatable bonds is 6. The zero-order valence-corrected chi connectivity index (χ0v) is 23.8. The second-order valence-corrected chi connectivity index (χ2v) is 10.5. The molecule has 6 rings (SSSR count). The van der Waals surface area contributed by atoms with E-state index in [0.717, 1.165) is 12.8 Å². The van der Waals surface area contributed by atoms with Crippen LogP contribution in [-0.4, -0.2) is 68.2 Å². The van der Waals surface area contributed by atoms with Crippen LogP contribution >= 0.6 is 0 Å². The highest BCUT2D eigenvalue weighted by atomic mass is 16.5. The molecule has 12 nitrogen and oxygen atoms in total. The van der Waals surface area contributed by atoms with Crippen molar-refractivity contribution in [2.24, 2.45) is 0 Å². The fourth-order valence-electron chi connectivity index (χ4n) is 5.66. The van der Waals surface area contributed by atoms with Crippen LogP contribution in [0.4, 0.5) is 17.8 Å². The predicted octanol–water partition coefficient (Wildman–Crippen LogP) is 2.46. The maximum atomic E-state index is 14.3. The van der Waals surface area contributed by atoms with Crippen molar-refractivity contribution in [1.29, 1.82) is 0 Å². The molecule has 2 aromatic heterocycles. The number of para-hydroxylation sites is 1. The molecule has 4 aromatic rings. The van der Waals surface area contributed by atoms with Crippen molar-refractivity contribution in [3.63, 3.8) is 0 Å². The summed E-state index contributed by atoms with van der Waals surface area (Å²) in [5.74, 6) is 7.48. The Morgan fingerprint density at radius 3 is 2.49 bits per heavy atom. The number of anilines is 3. The molecule has 4 N–H and O–H groups in total. The van der Waals surface area contributed by atoms with Crippen LogP contribution in [0.5, 0.6) is 0 Å². The summed E-state index contributed by atoms with van der Waals surface area (Å²) in [6.07, 6.45) is 3.21. The minimum Gasteiger partial charge on any atom is -0.378 e. The van der Waals surface area contributed by atoms with Crippen LogP contribution in [-0.2, 0) is 9.53 Å². The van der Waals surface area contributed by atoms with Gasteiger partial charge in [-0.3, -0.25) is 14.2 Å². The molecule has 0 aliphatic carbocycles. The fourth-order valence-corrected chi connectivity index (χ4v) is 5.66. The second-order valence-electron chi connectivity index (χ2n) is 10.5. The van der Waals surface area contributed by atoms with Gasteiger partial charge in [0.2, 0.25) is 23.8 Å². The number of nitrogens with two attached hydrogens (primary N) is 2. The van der Waals surface area contributed by atoms with Crippen molar-refractivity contribution in [3.05, 3.63) is 70.3 Å². The molecular formula is C31H33N9O3. The van der Waals surface area contributed by atoms with E-state index in [-0.39, 0.29) is 29.4 Å². The van der Waals surface area contributed by atoms with E-state index in [2.05, 4.69) is 26.8 Å². The van der Waals surface area contributed by atoms with Crippen LogP contribution in [0, 0.1) is 11.8 Å². The molecule has 2 saturated heterocycles. The van der Waals surface area contributed by atoms with Crippen LogP contribution in [0.1, 0.15) is 49.5 Å². The van der Waals surface area contributed by atoms with Gasteiger partial charge >= 0.3 is 0 Å². The van der Waals surface area contributed by atoms with Crippen LogP contribution in [0.3, 0.4) is 0 Å². The van der Waals surface area contributed by atoms with Crippen molar-refractivity contribution in [2.75, 3.05) is 49.2 Å². The Kier molecular flexibility index (Phi) is 8.15. The van der Waals surface area contributed by atoms with Gasteiger partial charge in [-0.1, -0.05) is 36.1 Å². The van der Waals surface area contributed by atoms with Gasteiger partial charge in [-0.05, 0) is 43.5 Å². The molecule has 2 fully saturated rings. The molecule has 1 atom stereocenters. The summed E-state index contributed by atoms with van der Waals surface area (Å²) in [7, 11) is 0. The van der Waals surface area contributed by atoms with Gasteiger partial charge in [0.25, 0.3) is 5.56 Å². The lowest BCUT2D eigenvalue weighted by molar-refractivity contribution is -0.135. The van der Waals surface area contributed by atoms with Gasteiger partial charge in [-0.2, -0.15) is 15.0 Å². The van der Waals surface area contributed by atoms with Crippen molar-refractivity contribution in [3.8, 4) is 17.5 Å². The Morgan fingerprint density at radius 1 is 0.953 bits per heavy atom. The molecule has 2 aliphatic heterocycles. The number of amides is 1. The number of nitrogens with zero attached hydrogens (tertiary/aromatic N) is 7. The molecule has 43 heavy (non-hydrogen) atoms. The zero-order chi connectivity index (χ0) is 29.8. The van der Waals surface area contributed by atoms with Crippen molar-refractivity contribution < 1.29 is 9.53 Å². The quantitative estimate of drug-likeness (QED) is 0.257. The first kappa shape index (κ1) is 28.1. The van der Waals surface area contributed by atoms with Gasteiger partial charge in [-0.15, -0.1) is 0 Å². The predicted molar refractivity (Wildman–Crippen MR) is 163 cm³/mol. The third-order valence-electron chi connectivity index (χ3n) is 7.68. The molecule has 1 amide bonds. The Hall–Kier alpha value is -5.02. The van der Waals surface area contributed by atoms with Crippen LogP contribution in [0.2, 0.25) is 0 Å². The minimum atomic E-state index is -0.294. The van der Waals surface area contributed by atoms with Crippen LogP contribution < -0.4 is 21.9 Å². The van der Waals surface area contributed by atoms with E-state index in [1.165, 1.54) is 0 Å². The second kappa shape index (κ2) is 12.5. The largest absolute Gasteiger partial charge is 0.378 e. The Bertz CT molecular complexity index is 1740. The molecule has 0 bridgehead atoms. The van der Waals surface area contributed by atoms with E-state index in [0.29, 0.717) is 86.0 Å². The van der Waals surface area contributed by atoms with E-state index in [4.69, 9.17) is 21.2 Å². The molecule has 0 saturated carbocycles. The summed E-state index contributed by atoms with van der Waals surface area (Å²) in [5.41, 5.74) is 13.4. The van der Waals surface area contributed by atoms with Crippen molar-refractivity contribution >= 4 is 34.7 Å². The maximum absolute atomic E-state index is 14.3. The van der Waals surface area contributed by atoms with E-state index in [9.17, 15) is 9.59 Å². The van der Waals surface area contributed by atoms with E-state index in [1.807, 2.05) is 58.3 Å². The summed E-state index contributed by atoms with van der Waals surface area (Å²) in [6.45, 7) is 3.10. The summed E-state index contributed by atoms with van der Waals surface area (Å²) in [6, 6.07) is 14.7. The summed E-state index contributed by atoms with van der Waals surface area (Å²) < 4.78 is 6.98. The van der Waals surface area contributed by atoms with Gasteiger partial charge in [-0.25, -0.2) is 4.98 Å². The Labute approximate surface area is 248 Å². The number of morpholine rings is 1. The highest BCUT2D eigenvalue weighted by molar-refractivity contribution is 5.85. The molecule has 0 radical (unpaired) electrons. The van der Waals surface area contributed by atoms with Gasteiger partial charge in [0, 0.05) is 38.0 Å². The maximum Gasteiger partial charge on any atom is 0.267 e. The molecule has 0 spiro atoms. The summed E-state index contributed by atoms with van der Waals surface area (Å²) in [5, 5.41) is 0.449. The monoisotopic (exact) mass is 579 g/mol. The van der Waals surface area contributed by atoms with E-state index in [1.54, 1.807) is 4.57 Å². The molecular weight excluding hydrogens is 546 g/mol. The lowest BCUT2D eigenvalue weighted by Gasteiger charge is -2.27. The smallest absolute Gasteiger partial charge is 0.267 e. The average molecular weight is 580 g/mol. The van der Waals surface area contributed by atoms with Gasteiger partial charge in [0.15, 0.2) is 0 Å². The standard InChI is InChI=1S/C31H33N9O3/c32-29-35-30(33)37-31(36-29)39-16-8-14-24(39)27-34-23-13-7-10-21(26(23)28(42)40(27)22-11-4-2-5-12-22)9-3-1-6-15-25(41)38-17-19-43-20-18-38/h2,4-5,7,10-13,24H,1,6,8,14-20H2,(H4,32,33,35,36,37)/t24-/m0/s1. The first-order valence-electron chi connectivity index (χ1n) is 14.5. The molecule has 12 heteroatoms. The number of hydrogen-bond donors (Lipinski definition) is 2. The highest BCUT2D eigenvalue weighted by Crippen LogP contribution is 2.35. The van der Waals surface area contributed by atoms with Crippen molar-refractivity contribution in [2.45, 2.75) is 38.1 Å². The number of hydrogen-bond acceptors (Lipinski definition) is 10. The Morgan fingerprint density at radius 2 is 1.72 bits per heavy atom. The molecule has 220 valence electrons. The first-order chi connectivity index (χ1) is 21.0. The fraction of sp³-hybridized carbons (Fsp3) is 0.355. The van der Waals surface area contributed by atoms with E-state index >= 15 is 0 Å². The van der Waals surface area contributed by atoms with Gasteiger partial charge in [0.1, 0.15) is 5.82 Å². The molecule has 2 aromatic carbocycles. The normalized spacial score (nSPS) is 16.7. The minimum absolute atomic E-state index is 0.0359. The lowest BCUT2D eigenvalue weighted by Crippen LogP contribution is -2.40. The number of aromatic nitrogens is 5. The topological polar surface area (TPSA) is 158 Å². The number of benzene rings is 2. The number of carbonyl (C=O) groups excluding carboxylic acids is 1. The average Bonchev–Trinajstić information content (AvgIpc) is 3.51. The third kappa shape index (κ3) is 5.98. The molecule has 2 aliphatic rings. The molecule has 4 heterocycles. The number of nitrogen functional groups attached to an aromatic ring is 2. The summed E-state index contributed by atoms with van der Waals surface area (Å²) in [4.78, 5) is 48.2. The number of ether oxygens (including phenoxy) is 1.